The van der Waals surface area contributed by atoms with E-state index >= 15 is 0 Å². The van der Waals surface area contributed by atoms with Crippen LogP contribution >= 0.6 is 0 Å². The summed E-state index contributed by atoms with van der Waals surface area (Å²) in [6, 6.07) is 18.4. The fraction of sp³-hybridized carbons (Fsp3) is 0.333. The number of alkyl carbamates (subject to hydrolysis) is 1. The molecule has 5 nitrogen and oxygen atoms in total. The zero-order chi connectivity index (χ0) is 20.9. The van der Waals surface area contributed by atoms with Crippen molar-refractivity contribution in [3.8, 4) is 22.4 Å². The molecular formula is C24H29N3O2. The molecule has 5 heteroatoms. The number of hydrogen-bond acceptors (Lipinski definition) is 3. The Balaban J connectivity index is 1.75. The van der Waals surface area contributed by atoms with Crippen LogP contribution in [0.1, 0.15) is 52.4 Å². The molecule has 1 amide bonds. The Kier molecular flexibility index (Phi) is 6.37. The number of H-pyrrole nitrogens is 1. The largest absolute Gasteiger partial charge is 0.444 e. The third-order valence-electron chi connectivity index (χ3n) is 4.50. The normalized spacial score (nSPS) is 12.4. The van der Waals surface area contributed by atoms with Gasteiger partial charge in [0.2, 0.25) is 0 Å². The summed E-state index contributed by atoms with van der Waals surface area (Å²) in [5.74, 6) is 0.736. The van der Waals surface area contributed by atoms with Gasteiger partial charge >= 0.3 is 6.09 Å². The average molecular weight is 392 g/mol. The molecule has 29 heavy (non-hydrogen) atoms. The van der Waals surface area contributed by atoms with Crippen molar-refractivity contribution in [1.82, 2.24) is 15.3 Å². The monoisotopic (exact) mass is 391 g/mol. The second-order valence-corrected chi connectivity index (χ2v) is 8.11. The molecule has 0 aliphatic rings. The predicted octanol–water partition coefficient (Wildman–Crippen LogP) is 6.11. The van der Waals surface area contributed by atoms with Crippen LogP contribution in [0.5, 0.6) is 0 Å². The van der Waals surface area contributed by atoms with E-state index < -0.39 is 11.7 Å². The number of amides is 1. The van der Waals surface area contributed by atoms with Crippen LogP contribution in [0.4, 0.5) is 4.79 Å². The van der Waals surface area contributed by atoms with E-state index in [2.05, 4.69) is 58.6 Å². The molecular weight excluding hydrogens is 362 g/mol. The van der Waals surface area contributed by atoms with Crippen LogP contribution in [0.25, 0.3) is 22.4 Å². The van der Waals surface area contributed by atoms with Gasteiger partial charge in [-0.05, 0) is 43.9 Å². The van der Waals surface area contributed by atoms with Gasteiger partial charge < -0.3 is 15.0 Å². The third kappa shape index (κ3) is 5.70. The number of carbonyl (C=O) groups is 1. The number of aromatic amines is 1. The van der Waals surface area contributed by atoms with E-state index in [9.17, 15) is 4.79 Å². The highest BCUT2D eigenvalue weighted by Crippen LogP contribution is 2.25. The highest BCUT2D eigenvalue weighted by Gasteiger charge is 2.22. The summed E-state index contributed by atoms with van der Waals surface area (Å²) < 4.78 is 5.39. The highest BCUT2D eigenvalue weighted by atomic mass is 16.6. The molecule has 0 saturated carbocycles. The van der Waals surface area contributed by atoms with Crippen LogP contribution in [0.3, 0.4) is 0 Å². The lowest BCUT2D eigenvalue weighted by Crippen LogP contribution is -2.35. The van der Waals surface area contributed by atoms with Crippen molar-refractivity contribution in [1.29, 1.82) is 0 Å². The Morgan fingerprint density at radius 2 is 1.66 bits per heavy atom. The number of hydrogen-bond donors (Lipinski definition) is 2. The van der Waals surface area contributed by atoms with Crippen molar-refractivity contribution in [2.75, 3.05) is 0 Å². The number of rotatable bonds is 6. The molecule has 2 aromatic carbocycles. The van der Waals surface area contributed by atoms with Crippen molar-refractivity contribution in [2.24, 2.45) is 0 Å². The van der Waals surface area contributed by atoms with Crippen molar-refractivity contribution < 1.29 is 9.53 Å². The standard InChI is InChI=1S/C24H29N3O2/c1-5-9-20(27-23(28)29-24(2,3)4)22-25-16-21(26-22)19-14-12-18(13-15-19)17-10-7-6-8-11-17/h6-8,10-16,20H,5,9H2,1-4H3,(H,25,26)(H,27,28)/t20-/m1/s1. The maximum Gasteiger partial charge on any atom is 0.408 e. The number of carbonyl (C=O) groups excluding carboxylic acids is 1. The van der Waals surface area contributed by atoms with Gasteiger partial charge in [-0.2, -0.15) is 0 Å². The first-order valence-corrected chi connectivity index (χ1v) is 10.1. The van der Waals surface area contributed by atoms with E-state index in [1.54, 1.807) is 0 Å². The van der Waals surface area contributed by atoms with Crippen molar-refractivity contribution >= 4 is 6.09 Å². The maximum atomic E-state index is 12.2. The summed E-state index contributed by atoms with van der Waals surface area (Å²) in [7, 11) is 0. The van der Waals surface area contributed by atoms with Gasteiger partial charge in [-0.25, -0.2) is 9.78 Å². The second-order valence-electron chi connectivity index (χ2n) is 8.11. The number of aromatic nitrogens is 2. The Labute approximate surface area is 172 Å². The molecule has 1 aromatic heterocycles. The smallest absolute Gasteiger partial charge is 0.408 e. The maximum absolute atomic E-state index is 12.2. The molecule has 0 saturated heterocycles. The zero-order valence-electron chi connectivity index (χ0n) is 17.5. The first kappa shape index (κ1) is 20.6. The molecule has 0 aliphatic carbocycles. The second kappa shape index (κ2) is 8.95. The van der Waals surface area contributed by atoms with Crippen LogP contribution in [0.15, 0.2) is 60.8 Å². The van der Waals surface area contributed by atoms with E-state index in [4.69, 9.17) is 4.74 Å². The zero-order valence-corrected chi connectivity index (χ0v) is 17.5. The van der Waals surface area contributed by atoms with E-state index in [-0.39, 0.29) is 6.04 Å². The first-order valence-electron chi connectivity index (χ1n) is 10.1. The topological polar surface area (TPSA) is 67.0 Å². The fourth-order valence-corrected chi connectivity index (χ4v) is 3.15. The Morgan fingerprint density at radius 3 is 2.28 bits per heavy atom. The molecule has 0 unspecified atom stereocenters. The molecule has 1 heterocycles. The molecule has 1 atom stereocenters. The Morgan fingerprint density at radius 1 is 1.03 bits per heavy atom. The lowest BCUT2D eigenvalue weighted by Gasteiger charge is -2.22. The summed E-state index contributed by atoms with van der Waals surface area (Å²) in [6.45, 7) is 7.64. The molecule has 0 fully saturated rings. The number of nitrogens with zero attached hydrogens (tertiary/aromatic N) is 1. The first-order chi connectivity index (χ1) is 13.9. The van der Waals surface area contributed by atoms with E-state index in [0.29, 0.717) is 0 Å². The van der Waals surface area contributed by atoms with Crippen LogP contribution in [0.2, 0.25) is 0 Å². The van der Waals surface area contributed by atoms with Crippen molar-refractivity contribution in [3.05, 3.63) is 66.6 Å². The molecule has 3 rings (SSSR count). The van der Waals surface area contributed by atoms with Crippen LogP contribution in [-0.2, 0) is 4.74 Å². The van der Waals surface area contributed by atoms with Crippen LogP contribution in [0, 0.1) is 0 Å². The fourth-order valence-electron chi connectivity index (χ4n) is 3.15. The van der Waals surface area contributed by atoms with Crippen molar-refractivity contribution in [3.63, 3.8) is 0 Å². The molecule has 0 bridgehead atoms. The lowest BCUT2D eigenvalue weighted by atomic mass is 10.0. The van der Waals surface area contributed by atoms with Gasteiger partial charge in [0.1, 0.15) is 11.4 Å². The molecule has 152 valence electrons. The number of nitrogens with one attached hydrogen (secondary N) is 2. The molecule has 0 radical (unpaired) electrons. The van der Waals surface area contributed by atoms with Gasteiger partial charge in [-0.3, -0.25) is 0 Å². The quantitative estimate of drug-likeness (QED) is 0.533. The van der Waals surface area contributed by atoms with Crippen LogP contribution in [-0.4, -0.2) is 21.7 Å². The minimum Gasteiger partial charge on any atom is -0.444 e. The van der Waals surface area contributed by atoms with E-state index in [1.807, 2.05) is 45.2 Å². The van der Waals surface area contributed by atoms with Crippen LogP contribution < -0.4 is 5.32 Å². The van der Waals surface area contributed by atoms with Gasteiger partial charge in [0.05, 0.1) is 17.9 Å². The SMILES string of the molecule is CCC[C@@H](NC(=O)OC(C)(C)C)c1ncc(-c2ccc(-c3ccccc3)cc2)[nH]1. The van der Waals surface area contributed by atoms with E-state index in [0.717, 1.165) is 29.9 Å². The van der Waals surface area contributed by atoms with Crippen molar-refractivity contribution in [2.45, 2.75) is 52.2 Å². The number of imidazole rings is 1. The molecule has 3 aromatic rings. The van der Waals surface area contributed by atoms with Gasteiger partial charge in [0, 0.05) is 0 Å². The minimum absolute atomic E-state index is 0.216. The van der Waals surface area contributed by atoms with Gasteiger partial charge in [0.15, 0.2) is 0 Å². The Bertz CT molecular complexity index is 925. The molecule has 2 N–H and O–H groups in total. The van der Waals surface area contributed by atoms with Gasteiger partial charge in [-0.15, -0.1) is 0 Å². The number of benzene rings is 2. The summed E-state index contributed by atoms with van der Waals surface area (Å²) in [5, 5.41) is 2.93. The highest BCUT2D eigenvalue weighted by molar-refractivity contribution is 5.69. The number of ether oxygens (including phenoxy) is 1. The summed E-state index contributed by atoms with van der Waals surface area (Å²) in [6.07, 6.45) is 3.08. The lowest BCUT2D eigenvalue weighted by molar-refractivity contribution is 0.0498. The molecule has 0 spiro atoms. The average Bonchev–Trinajstić information content (AvgIpc) is 3.17. The molecule has 0 aliphatic heterocycles. The Hall–Kier alpha value is -3.08. The minimum atomic E-state index is -0.532. The third-order valence-corrected chi connectivity index (χ3v) is 4.50. The van der Waals surface area contributed by atoms with E-state index in [1.165, 1.54) is 11.1 Å². The van der Waals surface area contributed by atoms with Gasteiger partial charge in [-0.1, -0.05) is 67.9 Å². The van der Waals surface area contributed by atoms with Gasteiger partial charge in [0.25, 0.3) is 0 Å². The summed E-state index contributed by atoms with van der Waals surface area (Å²) in [5.41, 5.74) is 3.80. The predicted molar refractivity (Wildman–Crippen MR) is 116 cm³/mol. The summed E-state index contributed by atoms with van der Waals surface area (Å²) in [4.78, 5) is 20.1. The summed E-state index contributed by atoms with van der Waals surface area (Å²) >= 11 is 0.